The number of hydrogen-bond donors (Lipinski definition) is 1. The topological polar surface area (TPSA) is 64.3 Å². The highest BCUT2D eigenvalue weighted by Gasteiger charge is 2.19. The lowest BCUT2D eigenvalue weighted by molar-refractivity contribution is -0.0219. The number of rotatable bonds is 2. The summed E-state index contributed by atoms with van der Waals surface area (Å²) in [7, 11) is 0. The minimum absolute atomic E-state index is 0.274. The first-order chi connectivity index (χ1) is 9.54. The third kappa shape index (κ3) is 2.51. The Morgan fingerprint density at radius 2 is 2.20 bits per heavy atom. The fourth-order valence-corrected chi connectivity index (χ4v) is 3.69. The molecule has 5 nitrogen and oxygen atoms in total. The Kier molecular flexibility index (Phi) is 3.62. The highest BCUT2D eigenvalue weighted by Crippen LogP contribution is 2.31. The number of nitrogens with zero attached hydrogens (tertiary/aromatic N) is 3. The second-order valence-corrected chi connectivity index (χ2v) is 6.61. The summed E-state index contributed by atoms with van der Waals surface area (Å²) in [5.74, 6) is 1.42. The molecule has 20 heavy (non-hydrogen) atoms. The first-order valence-corrected chi connectivity index (χ1v) is 7.72. The van der Waals surface area contributed by atoms with Crippen molar-refractivity contribution < 1.29 is 4.74 Å². The first kappa shape index (κ1) is 13.7. The highest BCUT2D eigenvalue weighted by atomic mass is 32.1. The Hall–Kier alpha value is -1.24. The van der Waals surface area contributed by atoms with E-state index in [1.54, 1.807) is 11.3 Å². The molecule has 3 heterocycles. The van der Waals surface area contributed by atoms with Crippen LogP contribution in [0.3, 0.4) is 0 Å². The minimum Gasteiger partial charge on any atom is -0.383 e. The van der Waals surface area contributed by atoms with Gasteiger partial charge in [0, 0.05) is 18.0 Å². The number of morpholine rings is 1. The van der Waals surface area contributed by atoms with Gasteiger partial charge in [0.25, 0.3) is 0 Å². The van der Waals surface area contributed by atoms with E-state index in [2.05, 4.69) is 35.6 Å². The Morgan fingerprint density at radius 1 is 1.40 bits per heavy atom. The maximum atomic E-state index is 6.12. The van der Waals surface area contributed by atoms with Gasteiger partial charge in [-0.2, -0.15) is 0 Å². The van der Waals surface area contributed by atoms with Gasteiger partial charge in [-0.3, -0.25) is 4.90 Å². The first-order valence-electron chi connectivity index (χ1n) is 6.90. The number of fused-ring (bicyclic) bond motifs is 1. The maximum Gasteiger partial charge on any atom is 0.146 e. The molecule has 2 aromatic rings. The van der Waals surface area contributed by atoms with Crippen molar-refractivity contribution in [3.63, 3.8) is 0 Å². The molecule has 0 aliphatic carbocycles. The van der Waals surface area contributed by atoms with E-state index < -0.39 is 0 Å². The number of nitrogen functional groups attached to an aromatic ring is 1. The molecular formula is C14H20N4OS. The molecule has 3 rings (SSSR count). The number of ether oxygens (including phenoxy) is 1. The average molecular weight is 292 g/mol. The predicted molar refractivity (Wildman–Crippen MR) is 82.0 cm³/mol. The van der Waals surface area contributed by atoms with Gasteiger partial charge in [0.1, 0.15) is 16.5 Å². The lowest BCUT2D eigenvalue weighted by Gasteiger charge is -2.30. The quantitative estimate of drug-likeness (QED) is 0.918. The summed E-state index contributed by atoms with van der Waals surface area (Å²) >= 11 is 1.70. The van der Waals surface area contributed by atoms with E-state index in [9.17, 15) is 0 Å². The van der Waals surface area contributed by atoms with Crippen LogP contribution in [0, 0.1) is 13.8 Å². The van der Waals surface area contributed by atoms with Crippen molar-refractivity contribution in [3.8, 4) is 0 Å². The second-order valence-electron chi connectivity index (χ2n) is 5.40. The Balaban J connectivity index is 1.89. The Morgan fingerprint density at radius 3 is 2.95 bits per heavy atom. The molecular weight excluding hydrogens is 272 g/mol. The van der Waals surface area contributed by atoms with E-state index in [4.69, 9.17) is 10.5 Å². The van der Waals surface area contributed by atoms with E-state index in [1.165, 1.54) is 10.4 Å². The fraction of sp³-hybridized carbons (Fsp3) is 0.571. The predicted octanol–water partition coefficient (Wildman–Crippen LogP) is 2.11. The van der Waals surface area contributed by atoms with Crippen LogP contribution in [0.25, 0.3) is 10.2 Å². The van der Waals surface area contributed by atoms with E-state index >= 15 is 0 Å². The molecule has 0 amide bonds. The summed E-state index contributed by atoms with van der Waals surface area (Å²) in [6, 6.07) is 0. The van der Waals surface area contributed by atoms with Gasteiger partial charge in [-0.05, 0) is 26.3 Å². The average Bonchev–Trinajstić information content (AvgIpc) is 2.65. The van der Waals surface area contributed by atoms with E-state index in [-0.39, 0.29) is 6.10 Å². The summed E-state index contributed by atoms with van der Waals surface area (Å²) in [4.78, 5) is 13.8. The molecule has 1 atom stereocenters. The summed E-state index contributed by atoms with van der Waals surface area (Å²) in [6.45, 7) is 9.64. The molecule has 108 valence electrons. The molecule has 0 saturated carbocycles. The van der Waals surface area contributed by atoms with E-state index in [0.717, 1.165) is 42.3 Å². The molecule has 1 aliphatic rings. The molecule has 0 aromatic carbocycles. The molecule has 1 unspecified atom stereocenters. The number of aryl methyl sites for hydroxylation is 2. The van der Waals surface area contributed by atoms with Crippen LogP contribution in [0.2, 0.25) is 0 Å². The molecule has 0 bridgehead atoms. The summed E-state index contributed by atoms with van der Waals surface area (Å²) in [5.41, 5.74) is 7.32. The van der Waals surface area contributed by atoms with Crippen molar-refractivity contribution >= 4 is 27.4 Å². The summed E-state index contributed by atoms with van der Waals surface area (Å²) in [5, 5.41) is 1.02. The van der Waals surface area contributed by atoms with Crippen molar-refractivity contribution in [2.45, 2.75) is 33.4 Å². The SMILES string of the molecule is Cc1sc2nc(CN3CCOC(C)C3)nc(N)c2c1C. The van der Waals surface area contributed by atoms with Crippen LogP contribution >= 0.6 is 11.3 Å². The smallest absolute Gasteiger partial charge is 0.146 e. The molecule has 1 saturated heterocycles. The van der Waals surface area contributed by atoms with Crippen LogP contribution in [0.5, 0.6) is 0 Å². The van der Waals surface area contributed by atoms with E-state index in [1.807, 2.05) is 0 Å². The standard InChI is InChI=1S/C14H20N4OS/c1-8-6-18(4-5-19-8)7-11-16-13(15)12-9(2)10(3)20-14(12)17-11/h8H,4-7H2,1-3H3,(H2,15,16,17). The fourth-order valence-electron chi connectivity index (χ4n) is 2.63. The van der Waals surface area contributed by atoms with Crippen molar-refractivity contribution in [1.82, 2.24) is 14.9 Å². The lowest BCUT2D eigenvalue weighted by Crippen LogP contribution is -2.40. The van der Waals surface area contributed by atoms with Crippen molar-refractivity contribution in [3.05, 3.63) is 16.3 Å². The molecule has 1 aliphatic heterocycles. The molecule has 1 fully saturated rings. The largest absolute Gasteiger partial charge is 0.383 e. The minimum atomic E-state index is 0.274. The zero-order valence-electron chi connectivity index (χ0n) is 12.1. The summed E-state index contributed by atoms with van der Waals surface area (Å²) < 4.78 is 5.55. The Labute approximate surface area is 122 Å². The second kappa shape index (κ2) is 5.27. The number of nitrogens with two attached hydrogens (primary N) is 1. The van der Waals surface area contributed by atoms with Crippen LogP contribution in [-0.4, -0.2) is 40.7 Å². The zero-order valence-corrected chi connectivity index (χ0v) is 13.0. The molecule has 0 spiro atoms. The lowest BCUT2D eigenvalue weighted by atomic mass is 10.2. The van der Waals surface area contributed by atoms with Crippen molar-refractivity contribution in [2.75, 3.05) is 25.4 Å². The normalized spacial score (nSPS) is 20.6. The van der Waals surface area contributed by atoms with Gasteiger partial charge in [-0.25, -0.2) is 9.97 Å². The van der Waals surface area contributed by atoms with E-state index in [0.29, 0.717) is 5.82 Å². The maximum absolute atomic E-state index is 6.12. The van der Waals surface area contributed by atoms with Gasteiger partial charge >= 0.3 is 0 Å². The number of aromatic nitrogens is 2. The van der Waals surface area contributed by atoms with Gasteiger partial charge in [0.05, 0.1) is 24.6 Å². The summed E-state index contributed by atoms with van der Waals surface area (Å²) in [6.07, 6.45) is 0.274. The monoisotopic (exact) mass is 292 g/mol. The molecule has 2 aromatic heterocycles. The Bertz CT molecular complexity index is 640. The third-order valence-corrected chi connectivity index (χ3v) is 4.89. The van der Waals surface area contributed by atoms with Crippen LogP contribution in [0.4, 0.5) is 5.82 Å². The van der Waals surface area contributed by atoms with Gasteiger partial charge in [-0.1, -0.05) is 0 Å². The van der Waals surface area contributed by atoms with Gasteiger partial charge in [0.2, 0.25) is 0 Å². The third-order valence-electron chi connectivity index (χ3n) is 3.79. The van der Waals surface area contributed by atoms with Crippen LogP contribution in [-0.2, 0) is 11.3 Å². The van der Waals surface area contributed by atoms with Crippen LogP contribution < -0.4 is 5.73 Å². The van der Waals surface area contributed by atoms with Gasteiger partial charge in [0.15, 0.2) is 0 Å². The van der Waals surface area contributed by atoms with Crippen molar-refractivity contribution in [2.24, 2.45) is 0 Å². The van der Waals surface area contributed by atoms with Gasteiger partial charge in [-0.15, -0.1) is 11.3 Å². The van der Waals surface area contributed by atoms with Crippen molar-refractivity contribution in [1.29, 1.82) is 0 Å². The number of anilines is 1. The molecule has 2 N–H and O–H groups in total. The number of hydrogen-bond acceptors (Lipinski definition) is 6. The highest BCUT2D eigenvalue weighted by molar-refractivity contribution is 7.18. The number of thiophene rings is 1. The van der Waals surface area contributed by atoms with Gasteiger partial charge < -0.3 is 10.5 Å². The molecule has 0 radical (unpaired) electrons. The van der Waals surface area contributed by atoms with Crippen LogP contribution in [0.1, 0.15) is 23.2 Å². The van der Waals surface area contributed by atoms with Crippen LogP contribution in [0.15, 0.2) is 0 Å². The zero-order chi connectivity index (χ0) is 14.3. The molecule has 6 heteroatoms.